The highest BCUT2D eigenvalue weighted by Crippen LogP contribution is 2.26. The first-order chi connectivity index (χ1) is 12.2. The first-order valence-corrected chi connectivity index (χ1v) is 10.3. The molecule has 1 aromatic carbocycles. The molecule has 7 nitrogen and oxygen atoms in total. The van der Waals surface area contributed by atoms with Crippen molar-refractivity contribution < 1.29 is 13.2 Å². The summed E-state index contributed by atoms with van der Waals surface area (Å²) in [4.78, 5) is 16.5. The van der Waals surface area contributed by atoms with Crippen molar-refractivity contribution in [3.8, 4) is 0 Å². The maximum Gasteiger partial charge on any atom is 0.243 e. The van der Waals surface area contributed by atoms with Gasteiger partial charge in [-0.25, -0.2) is 13.4 Å². The fourth-order valence-electron chi connectivity index (χ4n) is 2.78. The molecule has 8 heteroatoms. The summed E-state index contributed by atoms with van der Waals surface area (Å²) in [6, 6.07) is 4.73. The third kappa shape index (κ3) is 5.08. The van der Waals surface area contributed by atoms with Crippen LogP contribution in [-0.4, -0.2) is 42.7 Å². The molecule has 0 radical (unpaired) electrons. The van der Waals surface area contributed by atoms with Crippen LogP contribution in [0.1, 0.15) is 24.5 Å². The summed E-state index contributed by atoms with van der Waals surface area (Å²) in [7, 11) is -3.61. The van der Waals surface area contributed by atoms with Crippen molar-refractivity contribution in [3.63, 3.8) is 0 Å². The van der Waals surface area contributed by atoms with E-state index in [0.29, 0.717) is 12.2 Å². The Morgan fingerprint density at radius 1 is 1.35 bits per heavy atom. The second-order valence-corrected chi connectivity index (χ2v) is 8.33. The second kappa shape index (κ2) is 8.35. The van der Waals surface area contributed by atoms with Gasteiger partial charge in [-0.3, -0.25) is 9.10 Å². The Morgan fingerprint density at radius 2 is 2.08 bits per heavy atom. The minimum atomic E-state index is -3.61. The third-order valence-electron chi connectivity index (χ3n) is 4.14. The van der Waals surface area contributed by atoms with Crippen molar-refractivity contribution in [3.05, 3.63) is 48.0 Å². The number of hydrogen-bond acceptors (Lipinski definition) is 4. The lowest BCUT2D eigenvalue weighted by atomic mass is 10.1. The number of rotatable bonds is 8. The number of nitrogens with one attached hydrogen (secondary N) is 1. The number of carbonyl (C=O) groups is 1. The van der Waals surface area contributed by atoms with Crippen molar-refractivity contribution in [2.75, 3.05) is 17.1 Å². The lowest BCUT2D eigenvalue weighted by molar-refractivity contribution is -0.121. The van der Waals surface area contributed by atoms with E-state index in [0.717, 1.165) is 30.3 Å². The molecule has 0 bridgehead atoms. The smallest absolute Gasteiger partial charge is 0.243 e. The summed E-state index contributed by atoms with van der Waals surface area (Å²) < 4.78 is 27.8. The number of aromatic nitrogens is 2. The molecule has 2 rings (SSSR count). The highest BCUT2D eigenvalue weighted by molar-refractivity contribution is 7.92. The van der Waals surface area contributed by atoms with E-state index >= 15 is 0 Å². The Labute approximate surface area is 155 Å². The number of hydrogen-bond donors (Lipinski definition) is 1. The van der Waals surface area contributed by atoms with E-state index in [1.54, 1.807) is 25.5 Å². The standard InChI is InChI=1S/C18H26N4O3S/c1-14-6-7-15(2)17(12-14)22(26(4,24)25)16(3)18(23)20-8-5-10-21-11-9-19-13-21/h6-7,9,11-13,16H,5,8,10H2,1-4H3,(H,20,23). The average Bonchev–Trinajstić information content (AvgIpc) is 3.07. The highest BCUT2D eigenvalue weighted by atomic mass is 32.2. The van der Waals surface area contributed by atoms with Gasteiger partial charge in [-0.1, -0.05) is 12.1 Å². The fourth-order valence-corrected chi connectivity index (χ4v) is 4.00. The monoisotopic (exact) mass is 378 g/mol. The second-order valence-electron chi connectivity index (χ2n) is 6.47. The van der Waals surface area contributed by atoms with E-state index in [9.17, 15) is 13.2 Å². The highest BCUT2D eigenvalue weighted by Gasteiger charge is 2.29. The van der Waals surface area contributed by atoms with E-state index < -0.39 is 16.1 Å². The van der Waals surface area contributed by atoms with Gasteiger partial charge in [0.15, 0.2) is 0 Å². The number of nitrogens with zero attached hydrogens (tertiary/aromatic N) is 3. The summed E-state index contributed by atoms with van der Waals surface area (Å²) in [5.74, 6) is -0.318. The molecule has 1 atom stereocenters. The third-order valence-corrected chi connectivity index (χ3v) is 5.37. The van der Waals surface area contributed by atoms with Crippen LogP contribution >= 0.6 is 0 Å². The Bertz CT molecular complexity index is 847. The first kappa shape index (κ1) is 20.0. The number of imidazole rings is 1. The molecule has 0 fully saturated rings. The summed E-state index contributed by atoms with van der Waals surface area (Å²) >= 11 is 0. The SMILES string of the molecule is Cc1ccc(C)c(N(C(C)C(=O)NCCCn2ccnc2)S(C)(=O)=O)c1. The number of sulfonamides is 1. The van der Waals surface area contributed by atoms with Gasteiger partial charge in [0.1, 0.15) is 6.04 Å². The van der Waals surface area contributed by atoms with E-state index in [2.05, 4.69) is 10.3 Å². The molecule has 1 heterocycles. The summed E-state index contributed by atoms with van der Waals surface area (Å²) in [5, 5.41) is 2.82. The van der Waals surface area contributed by atoms with Gasteiger partial charge < -0.3 is 9.88 Å². The van der Waals surface area contributed by atoms with Gasteiger partial charge in [0.05, 0.1) is 18.3 Å². The van der Waals surface area contributed by atoms with Crippen LogP contribution in [0.5, 0.6) is 0 Å². The lowest BCUT2D eigenvalue weighted by Crippen LogP contribution is -2.48. The number of anilines is 1. The Morgan fingerprint density at radius 3 is 2.69 bits per heavy atom. The van der Waals surface area contributed by atoms with Crippen molar-refractivity contribution in [1.29, 1.82) is 0 Å². The summed E-state index contributed by atoms with van der Waals surface area (Å²) in [5.41, 5.74) is 2.28. The van der Waals surface area contributed by atoms with Gasteiger partial charge in [-0.2, -0.15) is 0 Å². The molecule has 0 saturated heterocycles. The predicted octanol–water partition coefficient (Wildman–Crippen LogP) is 1.86. The number of aryl methyl sites for hydroxylation is 3. The van der Waals surface area contributed by atoms with Crippen molar-refractivity contribution >= 4 is 21.6 Å². The van der Waals surface area contributed by atoms with Gasteiger partial charge in [0.2, 0.25) is 15.9 Å². The van der Waals surface area contributed by atoms with Crippen LogP contribution in [0.25, 0.3) is 0 Å². The molecule has 1 unspecified atom stereocenters. The molecule has 0 spiro atoms. The van der Waals surface area contributed by atoms with Crippen molar-refractivity contribution in [2.24, 2.45) is 0 Å². The van der Waals surface area contributed by atoms with E-state index in [1.165, 1.54) is 4.31 Å². The zero-order chi connectivity index (χ0) is 19.3. The predicted molar refractivity (Wildman–Crippen MR) is 103 cm³/mol. The molecular weight excluding hydrogens is 352 g/mol. The molecule has 0 saturated carbocycles. The molecule has 0 aliphatic heterocycles. The molecule has 1 aromatic heterocycles. The van der Waals surface area contributed by atoms with Crippen LogP contribution in [0.4, 0.5) is 5.69 Å². The molecule has 0 aliphatic rings. The minimum absolute atomic E-state index is 0.318. The topological polar surface area (TPSA) is 84.3 Å². The number of carbonyl (C=O) groups excluding carboxylic acids is 1. The normalized spacial score (nSPS) is 12.6. The van der Waals surface area contributed by atoms with Gasteiger partial charge in [-0.15, -0.1) is 0 Å². The summed E-state index contributed by atoms with van der Waals surface area (Å²) in [6.45, 7) is 6.54. The van der Waals surface area contributed by atoms with Crippen LogP contribution in [0.2, 0.25) is 0 Å². The molecule has 142 valence electrons. The van der Waals surface area contributed by atoms with Gasteiger partial charge in [0.25, 0.3) is 0 Å². The zero-order valence-corrected chi connectivity index (χ0v) is 16.5. The molecular formula is C18H26N4O3S. The van der Waals surface area contributed by atoms with Gasteiger partial charge in [0, 0.05) is 25.5 Å². The average molecular weight is 378 g/mol. The Balaban J connectivity index is 2.07. The molecule has 2 aromatic rings. The number of benzene rings is 1. The van der Waals surface area contributed by atoms with Crippen molar-refractivity contribution in [2.45, 2.75) is 39.8 Å². The largest absolute Gasteiger partial charge is 0.354 e. The van der Waals surface area contributed by atoms with Crippen LogP contribution in [0.15, 0.2) is 36.9 Å². The maximum absolute atomic E-state index is 12.5. The van der Waals surface area contributed by atoms with Gasteiger partial charge in [-0.05, 0) is 44.4 Å². The first-order valence-electron chi connectivity index (χ1n) is 8.50. The fraction of sp³-hybridized carbons (Fsp3) is 0.444. The van der Waals surface area contributed by atoms with Crippen molar-refractivity contribution in [1.82, 2.24) is 14.9 Å². The van der Waals surface area contributed by atoms with Crippen LogP contribution in [0.3, 0.4) is 0 Å². The van der Waals surface area contributed by atoms with Crippen LogP contribution in [0, 0.1) is 13.8 Å². The Kier molecular flexibility index (Phi) is 6.42. The molecule has 1 N–H and O–H groups in total. The molecule has 1 amide bonds. The van der Waals surface area contributed by atoms with E-state index in [4.69, 9.17) is 0 Å². The summed E-state index contributed by atoms with van der Waals surface area (Å²) in [6.07, 6.45) is 7.14. The maximum atomic E-state index is 12.5. The molecule has 0 aliphatic carbocycles. The quantitative estimate of drug-likeness (QED) is 0.711. The van der Waals surface area contributed by atoms with Crippen LogP contribution in [-0.2, 0) is 21.4 Å². The zero-order valence-electron chi connectivity index (χ0n) is 15.6. The molecule has 26 heavy (non-hydrogen) atoms. The Hall–Kier alpha value is -2.35. The van der Waals surface area contributed by atoms with Crippen LogP contribution < -0.4 is 9.62 Å². The van der Waals surface area contributed by atoms with E-state index in [-0.39, 0.29) is 5.91 Å². The number of amides is 1. The van der Waals surface area contributed by atoms with E-state index in [1.807, 2.05) is 36.7 Å². The lowest BCUT2D eigenvalue weighted by Gasteiger charge is -2.29. The van der Waals surface area contributed by atoms with Gasteiger partial charge >= 0.3 is 0 Å². The minimum Gasteiger partial charge on any atom is -0.354 e.